The molecule has 0 unspecified atom stereocenters. The molecule has 5 nitrogen and oxygen atoms in total. The number of unbranched alkanes of at least 4 members (excludes halogenated alkanes) is 3. The summed E-state index contributed by atoms with van der Waals surface area (Å²) >= 11 is 0. The van der Waals surface area contributed by atoms with Gasteiger partial charge in [0.25, 0.3) is 0 Å². The van der Waals surface area contributed by atoms with E-state index in [4.69, 9.17) is 0 Å². The number of carbonyl (C=O) groups excluding carboxylic acids is 3. The maximum Gasteiger partial charge on any atom is 0.248 e. The molecule has 0 saturated carbocycles. The second-order valence-corrected chi connectivity index (χ2v) is 5.77. The molecule has 0 atom stereocenters. The molecule has 24 heavy (non-hydrogen) atoms. The van der Waals surface area contributed by atoms with E-state index in [1.165, 1.54) is 13.0 Å². The van der Waals surface area contributed by atoms with Gasteiger partial charge in [-0.15, -0.1) is 0 Å². The van der Waals surface area contributed by atoms with E-state index in [0.29, 0.717) is 23.4 Å². The Labute approximate surface area is 143 Å². The van der Waals surface area contributed by atoms with E-state index >= 15 is 0 Å². The number of carbonyl (C=O) groups is 3. The zero-order chi connectivity index (χ0) is 17.9. The Morgan fingerprint density at radius 1 is 1.00 bits per heavy atom. The summed E-state index contributed by atoms with van der Waals surface area (Å²) < 4.78 is 0. The highest BCUT2D eigenvalue weighted by Gasteiger charge is 2.07. The topological polar surface area (TPSA) is 75.3 Å². The fourth-order valence-electron chi connectivity index (χ4n) is 2.12. The van der Waals surface area contributed by atoms with Gasteiger partial charge in [-0.1, -0.05) is 26.2 Å². The first-order chi connectivity index (χ1) is 11.4. The van der Waals surface area contributed by atoms with Crippen LogP contribution in [0.4, 0.5) is 5.69 Å². The normalized spacial score (nSPS) is 11.0. The molecule has 0 spiro atoms. The van der Waals surface area contributed by atoms with Crippen molar-refractivity contribution in [2.75, 3.05) is 11.9 Å². The van der Waals surface area contributed by atoms with Gasteiger partial charge in [0.1, 0.15) is 0 Å². The minimum absolute atomic E-state index is 0.0285. The van der Waals surface area contributed by atoms with Crippen molar-refractivity contribution in [3.05, 3.63) is 41.5 Å². The summed E-state index contributed by atoms with van der Waals surface area (Å²) in [5, 5.41) is 5.48. The third-order valence-corrected chi connectivity index (χ3v) is 3.58. The average molecular weight is 330 g/mol. The van der Waals surface area contributed by atoms with Crippen LogP contribution in [0, 0.1) is 0 Å². The van der Waals surface area contributed by atoms with Crippen LogP contribution in [-0.2, 0) is 9.59 Å². The molecular weight excluding hydrogens is 304 g/mol. The lowest BCUT2D eigenvalue weighted by atomic mass is 10.1. The monoisotopic (exact) mass is 330 g/mol. The van der Waals surface area contributed by atoms with Crippen LogP contribution in [0.1, 0.15) is 56.8 Å². The smallest absolute Gasteiger partial charge is 0.248 e. The minimum Gasteiger partial charge on any atom is -0.352 e. The highest BCUT2D eigenvalue weighted by molar-refractivity contribution is 6.06. The van der Waals surface area contributed by atoms with Crippen molar-refractivity contribution >= 4 is 23.3 Å². The van der Waals surface area contributed by atoms with Crippen molar-refractivity contribution in [3.8, 4) is 0 Å². The number of ketones is 1. The summed E-state index contributed by atoms with van der Waals surface area (Å²) in [4.78, 5) is 35.0. The summed E-state index contributed by atoms with van der Waals surface area (Å²) in [5.41, 5.74) is 1.53. The summed E-state index contributed by atoms with van der Waals surface area (Å²) in [6.45, 7) is 5.86. The van der Waals surface area contributed by atoms with Gasteiger partial charge in [-0.3, -0.25) is 14.4 Å². The Morgan fingerprint density at radius 3 is 2.25 bits per heavy atom. The van der Waals surface area contributed by atoms with Crippen molar-refractivity contribution in [1.29, 1.82) is 0 Å². The second kappa shape index (κ2) is 10.4. The third kappa shape index (κ3) is 7.22. The number of amides is 2. The zero-order valence-corrected chi connectivity index (χ0v) is 14.6. The van der Waals surface area contributed by atoms with Crippen molar-refractivity contribution in [2.24, 2.45) is 0 Å². The van der Waals surface area contributed by atoms with Gasteiger partial charge in [-0.2, -0.15) is 0 Å². The second-order valence-electron chi connectivity index (χ2n) is 5.77. The molecule has 0 aliphatic carbocycles. The molecule has 0 bridgehead atoms. The maximum atomic E-state index is 11.9. The molecule has 0 saturated heterocycles. The van der Waals surface area contributed by atoms with E-state index in [9.17, 15) is 14.4 Å². The SMILES string of the molecule is CCCCCCNC(=O)/C(C)=C\C(=O)Nc1ccc(C(C)=O)cc1. The summed E-state index contributed by atoms with van der Waals surface area (Å²) in [7, 11) is 0. The molecular formula is C19H26N2O3. The lowest BCUT2D eigenvalue weighted by Crippen LogP contribution is -2.26. The van der Waals surface area contributed by atoms with Gasteiger partial charge in [0, 0.05) is 29.4 Å². The molecule has 5 heteroatoms. The Bertz CT molecular complexity index is 604. The van der Waals surface area contributed by atoms with Crippen LogP contribution in [-0.4, -0.2) is 24.1 Å². The molecule has 0 aliphatic heterocycles. The van der Waals surface area contributed by atoms with Crippen LogP contribution in [0.3, 0.4) is 0 Å². The first-order valence-electron chi connectivity index (χ1n) is 8.32. The molecule has 0 aliphatic rings. The number of benzene rings is 1. The highest BCUT2D eigenvalue weighted by atomic mass is 16.2. The van der Waals surface area contributed by atoms with Crippen LogP contribution in [0.2, 0.25) is 0 Å². The van der Waals surface area contributed by atoms with Crippen LogP contribution in [0.25, 0.3) is 0 Å². The molecule has 0 radical (unpaired) electrons. The number of Topliss-reactive ketones (excluding diaryl/α,β-unsaturated/α-hetero) is 1. The minimum atomic E-state index is -0.371. The Morgan fingerprint density at radius 2 is 1.67 bits per heavy atom. The maximum absolute atomic E-state index is 11.9. The molecule has 0 heterocycles. The van der Waals surface area contributed by atoms with E-state index in [-0.39, 0.29) is 17.6 Å². The predicted molar refractivity (Wildman–Crippen MR) is 96.0 cm³/mol. The summed E-state index contributed by atoms with van der Waals surface area (Å²) in [6.07, 6.45) is 5.63. The van der Waals surface area contributed by atoms with Crippen molar-refractivity contribution in [1.82, 2.24) is 5.32 Å². The van der Waals surface area contributed by atoms with Crippen molar-refractivity contribution in [2.45, 2.75) is 46.5 Å². The Balaban J connectivity index is 2.47. The van der Waals surface area contributed by atoms with Gasteiger partial charge in [-0.25, -0.2) is 0 Å². The number of hydrogen-bond donors (Lipinski definition) is 2. The van der Waals surface area contributed by atoms with E-state index in [1.807, 2.05) is 0 Å². The fourth-order valence-corrected chi connectivity index (χ4v) is 2.12. The summed E-state index contributed by atoms with van der Waals surface area (Å²) in [6, 6.07) is 6.62. The lowest BCUT2D eigenvalue weighted by Gasteiger charge is -2.06. The van der Waals surface area contributed by atoms with Crippen molar-refractivity contribution in [3.63, 3.8) is 0 Å². The number of nitrogens with one attached hydrogen (secondary N) is 2. The number of anilines is 1. The van der Waals surface area contributed by atoms with Gasteiger partial charge in [-0.05, 0) is 44.5 Å². The highest BCUT2D eigenvalue weighted by Crippen LogP contribution is 2.10. The van der Waals surface area contributed by atoms with E-state index in [1.54, 1.807) is 31.2 Å². The van der Waals surface area contributed by atoms with Crippen LogP contribution < -0.4 is 10.6 Å². The fraction of sp³-hybridized carbons (Fsp3) is 0.421. The first kappa shape index (κ1) is 19.6. The molecule has 1 aromatic rings. The largest absolute Gasteiger partial charge is 0.352 e. The van der Waals surface area contributed by atoms with E-state index in [0.717, 1.165) is 25.7 Å². The van der Waals surface area contributed by atoms with Gasteiger partial charge >= 0.3 is 0 Å². The van der Waals surface area contributed by atoms with Gasteiger partial charge in [0.05, 0.1) is 0 Å². The molecule has 1 aromatic carbocycles. The molecule has 2 N–H and O–H groups in total. The third-order valence-electron chi connectivity index (χ3n) is 3.58. The van der Waals surface area contributed by atoms with Gasteiger partial charge < -0.3 is 10.6 Å². The standard InChI is InChI=1S/C19H26N2O3/c1-4-5-6-7-12-20-19(24)14(2)13-18(23)21-17-10-8-16(9-11-17)15(3)22/h8-11,13H,4-7,12H2,1-3H3,(H,20,24)(H,21,23)/b14-13-. The predicted octanol–water partition coefficient (Wildman–Crippen LogP) is 3.47. The molecule has 2 amide bonds. The average Bonchev–Trinajstić information content (AvgIpc) is 2.54. The van der Waals surface area contributed by atoms with Crippen LogP contribution in [0.15, 0.2) is 35.9 Å². The zero-order valence-electron chi connectivity index (χ0n) is 14.6. The molecule has 1 rings (SSSR count). The number of hydrogen-bond acceptors (Lipinski definition) is 3. The van der Waals surface area contributed by atoms with Crippen molar-refractivity contribution < 1.29 is 14.4 Å². The quantitative estimate of drug-likeness (QED) is 0.413. The number of rotatable bonds is 9. The Kier molecular flexibility index (Phi) is 8.47. The molecule has 130 valence electrons. The van der Waals surface area contributed by atoms with Gasteiger partial charge in [0.2, 0.25) is 11.8 Å². The summed E-state index contributed by atoms with van der Waals surface area (Å²) in [5.74, 6) is -0.628. The first-order valence-corrected chi connectivity index (χ1v) is 8.32. The Hall–Kier alpha value is -2.43. The van der Waals surface area contributed by atoms with Gasteiger partial charge in [0.15, 0.2) is 5.78 Å². The van der Waals surface area contributed by atoms with E-state index < -0.39 is 0 Å². The molecule has 0 aromatic heterocycles. The molecule has 0 fully saturated rings. The van der Waals surface area contributed by atoms with Crippen LogP contribution >= 0.6 is 0 Å². The lowest BCUT2D eigenvalue weighted by molar-refractivity contribution is -0.118. The van der Waals surface area contributed by atoms with E-state index in [2.05, 4.69) is 17.6 Å². The van der Waals surface area contributed by atoms with Crippen LogP contribution in [0.5, 0.6) is 0 Å².